The molecule has 0 saturated carbocycles. The van der Waals surface area contributed by atoms with E-state index in [-0.39, 0.29) is 17.9 Å². The molecule has 2 atom stereocenters. The van der Waals surface area contributed by atoms with Gasteiger partial charge in [0.2, 0.25) is 5.91 Å². The lowest BCUT2D eigenvalue weighted by molar-refractivity contribution is -0.124. The van der Waals surface area contributed by atoms with Gasteiger partial charge in [-0.05, 0) is 31.9 Å². The molecular weight excluding hydrogens is 264 g/mol. The van der Waals surface area contributed by atoms with Crippen LogP contribution in [0.3, 0.4) is 0 Å². The molecule has 0 saturated heterocycles. The number of fused-ring (bicyclic) bond motifs is 1. The van der Waals surface area contributed by atoms with Crippen molar-refractivity contribution in [1.82, 2.24) is 14.8 Å². The fourth-order valence-electron chi connectivity index (χ4n) is 2.66. The van der Waals surface area contributed by atoms with Crippen molar-refractivity contribution in [2.75, 3.05) is 13.1 Å². The molecule has 5 heteroatoms. The molecule has 1 N–H and O–H groups in total. The van der Waals surface area contributed by atoms with E-state index in [4.69, 9.17) is 0 Å². The SMILES string of the molecule is CC(C)[C@@](C)(C#N)NC(=O)CN1CCn2cccc2[C@@H]1C. The van der Waals surface area contributed by atoms with E-state index in [2.05, 4.69) is 40.0 Å². The van der Waals surface area contributed by atoms with Gasteiger partial charge in [-0.3, -0.25) is 9.69 Å². The van der Waals surface area contributed by atoms with Gasteiger partial charge in [0.05, 0.1) is 12.6 Å². The van der Waals surface area contributed by atoms with E-state index >= 15 is 0 Å². The second-order valence-corrected chi connectivity index (χ2v) is 6.29. The highest BCUT2D eigenvalue weighted by Crippen LogP contribution is 2.25. The Balaban J connectivity index is 2.00. The minimum absolute atomic E-state index is 0.0717. The van der Waals surface area contributed by atoms with Gasteiger partial charge >= 0.3 is 0 Å². The summed E-state index contributed by atoms with van der Waals surface area (Å²) >= 11 is 0. The number of rotatable bonds is 4. The molecule has 0 radical (unpaired) electrons. The number of hydrogen-bond acceptors (Lipinski definition) is 3. The first kappa shape index (κ1) is 15.6. The molecule has 0 unspecified atom stereocenters. The van der Waals surface area contributed by atoms with Crippen LogP contribution in [0.4, 0.5) is 0 Å². The molecule has 2 heterocycles. The Hall–Kier alpha value is -1.80. The van der Waals surface area contributed by atoms with E-state index in [9.17, 15) is 10.1 Å². The minimum Gasteiger partial charge on any atom is -0.349 e. The fraction of sp³-hybridized carbons (Fsp3) is 0.625. The molecule has 5 nitrogen and oxygen atoms in total. The Morgan fingerprint density at radius 3 is 2.90 bits per heavy atom. The standard InChI is InChI=1S/C16H24N4O/c1-12(2)16(4,11-17)18-15(21)10-20-9-8-19-7-5-6-14(19)13(20)3/h5-7,12-13H,8-10H2,1-4H3,(H,18,21)/t13-,16+/m0/s1. The first-order valence-electron chi connectivity index (χ1n) is 7.48. The number of nitriles is 1. The van der Waals surface area contributed by atoms with Crippen molar-refractivity contribution < 1.29 is 4.79 Å². The molecule has 0 fully saturated rings. The minimum atomic E-state index is -0.809. The number of nitrogens with zero attached hydrogens (tertiary/aromatic N) is 3. The van der Waals surface area contributed by atoms with Crippen LogP contribution in [0, 0.1) is 17.2 Å². The number of aromatic nitrogens is 1. The molecule has 0 bridgehead atoms. The number of carbonyl (C=O) groups is 1. The molecule has 1 amide bonds. The lowest BCUT2D eigenvalue weighted by atomic mass is 9.90. The molecule has 0 spiro atoms. The molecule has 114 valence electrons. The lowest BCUT2D eigenvalue weighted by Gasteiger charge is -2.35. The Bertz CT molecular complexity index is 557. The van der Waals surface area contributed by atoms with Crippen LogP contribution in [0.25, 0.3) is 0 Å². The summed E-state index contributed by atoms with van der Waals surface area (Å²) in [5.74, 6) is -0.0120. The van der Waals surface area contributed by atoms with Crippen LogP contribution in [-0.4, -0.2) is 34.0 Å². The predicted molar refractivity (Wildman–Crippen MR) is 81.4 cm³/mol. The third kappa shape index (κ3) is 3.11. The summed E-state index contributed by atoms with van der Waals surface area (Å²) < 4.78 is 2.23. The Labute approximate surface area is 126 Å². The van der Waals surface area contributed by atoms with Crippen LogP contribution < -0.4 is 5.32 Å². The zero-order chi connectivity index (χ0) is 15.6. The largest absolute Gasteiger partial charge is 0.349 e. The third-order valence-electron chi connectivity index (χ3n) is 4.60. The Kier molecular flexibility index (Phi) is 4.38. The quantitative estimate of drug-likeness (QED) is 0.920. The fourth-order valence-corrected chi connectivity index (χ4v) is 2.66. The first-order valence-corrected chi connectivity index (χ1v) is 7.48. The van der Waals surface area contributed by atoms with E-state index in [1.54, 1.807) is 6.92 Å². The molecule has 2 rings (SSSR count). The average molecular weight is 288 g/mol. The summed E-state index contributed by atoms with van der Waals surface area (Å²) in [7, 11) is 0. The predicted octanol–water partition coefficient (Wildman–Crippen LogP) is 1.92. The highest BCUT2D eigenvalue weighted by Gasteiger charge is 2.32. The zero-order valence-corrected chi connectivity index (χ0v) is 13.3. The third-order valence-corrected chi connectivity index (χ3v) is 4.60. The van der Waals surface area contributed by atoms with Gasteiger partial charge in [-0.1, -0.05) is 13.8 Å². The van der Waals surface area contributed by atoms with Gasteiger partial charge in [0.15, 0.2) is 0 Å². The van der Waals surface area contributed by atoms with Crippen molar-refractivity contribution in [3.63, 3.8) is 0 Å². The van der Waals surface area contributed by atoms with E-state index in [0.717, 1.165) is 13.1 Å². The summed E-state index contributed by atoms with van der Waals surface area (Å²) in [5, 5.41) is 12.2. The second kappa shape index (κ2) is 5.90. The average Bonchev–Trinajstić information content (AvgIpc) is 2.90. The maximum Gasteiger partial charge on any atom is 0.235 e. The molecule has 1 aromatic rings. The molecule has 1 aliphatic heterocycles. The van der Waals surface area contributed by atoms with E-state index in [1.807, 2.05) is 19.9 Å². The molecule has 21 heavy (non-hydrogen) atoms. The Morgan fingerprint density at radius 1 is 1.57 bits per heavy atom. The van der Waals surface area contributed by atoms with Gasteiger partial charge in [-0.15, -0.1) is 0 Å². The van der Waals surface area contributed by atoms with Crippen molar-refractivity contribution in [3.05, 3.63) is 24.0 Å². The Morgan fingerprint density at radius 2 is 2.29 bits per heavy atom. The highest BCUT2D eigenvalue weighted by molar-refractivity contribution is 5.79. The molecular formula is C16H24N4O. The number of hydrogen-bond donors (Lipinski definition) is 1. The zero-order valence-electron chi connectivity index (χ0n) is 13.3. The highest BCUT2D eigenvalue weighted by atomic mass is 16.2. The lowest BCUT2D eigenvalue weighted by Crippen LogP contribution is -2.52. The molecule has 1 aromatic heterocycles. The van der Waals surface area contributed by atoms with E-state index in [0.29, 0.717) is 6.54 Å². The topological polar surface area (TPSA) is 61.1 Å². The maximum absolute atomic E-state index is 12.3. The normalized spacial score (nSPS) is 21.4. The molecule has 0 aliphatic carbocycles. The monoisotopic (exact) mass is 288 g/mol. The summed E-state index contributed by atoms with van der Waals surface area (Å²) in [6.45, 7) is 9.86. The summed E-state index contributed by atoms with van der Waals surface area (Å²) in [5.41, 5.74) is 0.428. The van der Waals surface area contributed by atoms with Crippen molar-refractivity contribution in [2.24, 2.45) is 5.92 Å². The van der Waals surface area contributed by atoms with Gasteiger partial charge in [0, 0.05) is 31.0 Å². The van der Waals surface area contributed by atoms with Crippen LogP contribution in [-0.2, 0) is 11.3 Å². The van der Waals surface area contributed by atoms with Gasteiger partial charge in [-0.2, -0.15) is 5.26 Å². The van der Waals surface area contributed by atoms with Crippen LogP contribution in [0.5, 0.6) is 0 Å². The summed E-state index contributed by atoms with van der Waals surface area (Å²) in [6, 6.07) is 6.57. The van der Waals surface area contributed by atoms with Gasteiger partial charge < -0.3 is 9.88 Å². The van der Waals surface area contributed by atoms with E-state index < -0.39 is 5.54 Å². The van der Waals surface area contributed by atoms with Crippen LogP contribution in [0.1, 0.15) is 39.4 Å². The van der Waals surface area contributed by atoms with Gasteiger partial charge in [-0.25, -0.2) is 0 Å². The second-order valence-electron chi connectivity index (χ2n) is 6.29. The van der Waals surface area contributed by atoms with Gasteiger partial charge in [0.1, 0.15) is 5.54 Å². The van der Waals surface area contributed by atoms with Crippen molar-refractivity contribution >= 4 is 5.91 Å². The smallest absolute Gasteiger partial charge is 0.235 e. The summed E-state index contributed by atoms with van der Waals surface area (Å²) in [4.78, 5) is 14.4. The number of nitrogens with one attached hydrogen (secondary N) is 1. The maximum atomic E-state index is 12.3. The summed E-state index contributed by atoms with van der Waals surface area (Å²) in [6.07, 6.45) is 2.08. The first-order chi connectivity index (χ1) is 9.87. The number of carbonyl (C=O) groups excluding carboxylic acids is 1. The van der Waals surface area contributed by atoms with Crippen LogP contribution in [0.15, 0.2) is 18.3 Å². The molecule has 1 aliphatic rings. The van der Waals surface area contributed by atoms with E-state index in [1.165, 1.54) is 5.69 Å². The van der Waals surface area contributed by atoms with Crippen molar-refractivity contribution in [1.29, 1.82) is 5.26 Å². The number of amides is 1. The van der Waals surface area contributed by atoms with Crippen LogP contribution in [0.2, 0.25) is 0 Å². The van der Waals surface area contributed by atoms with Crippen molar-refractivity contribution in [2.45, 2.75) is 45.8 Å². The van der Waals surface area contributed by atoms with Crippen molar-refractivity contribution in [3.8, 4) is 6.07 Å². The molecule has 0 aromatic carbocycles. The van der Waals surface area contributed by atoms with Crippen LogP contribution >= 0.6 is 0 Å². The van der Waals surface area contributed by atoms with Gasteiger partial charge in [0.25, 0.3) is 0 Å².